The number of hydrogen-bond donors (Lipinski definition) is 0. The molecule has 0 aliphatic heterocycles. The third-order valence-electron chi connectivity index (χ3n) is 7.53. The minimum absolute atomic E-state index is 0.0990. The summed E-state index contributed by atoms with van der Waals surface area (Å²) in [6.07, 6.45) is 7.14. The molecule has 2 nitrogen and oxygen atoms in total. The number of ketones is 1. The van der Waals surface area contributed by atoms with Gasteiger partial charge in [0.25, 0.3) is 0 Å². The van der Waals surface area contributed by atoms with E-state index in [0.717, 1.165) is 42.7 Å². The fourth-order valence-corrected chi connectivity index (χ4v) is 7.90. The molecular weight excluding hydrogens is 375 g/mol. The van der Waals surface area contributed by atoms with Gasteiger partial charge in [-0.05, 0) is 48.8 Å². The molecule has 4 atom stereocenters. The molecule has 2 aromatic rings. The van der Waals surface area contributed by atoms with Crippen molar-refractivity contribution in [1.82, 2.24) is 0 Å². The van der Waals surface area contributed by atoms with Gasteiger partial charge in [-0.15, -0.1) is 0 Å². The van der Waals surface area contributed by atoms with Crippen LogP contribution in [0.4, 0.5) is 0 Å². The summed E-state index contributed by atoms with van der Waals surface area (Å²) < 4.78 is 14.4. The molecule has 2 aliphatic carbocycles. The predicted molar refractivity (Wildman–Crippen MR) is 121 cm³/mol. The molecule has 3 heteroatoms. The molecule has 0 unspecified atom stereocenters. The van der Waals surface area contributed by atoms with Crippen LogP contribution in [0.2, 0.25) is 0 Å². The van der Waals surface area contributed by atoms with Crippen LogP contribution in [-0.4, -0.2) is 5.78 Å². The molecule has 2 fully saturated rings. The average Bonchev–Trinajstić information content (AvgIpc) is 2.76. The molecule has 152 valence electrons. The summed E-state index contributed by atoms with van der Waals surface area (Å²) in [6, 6.07) is 19.6. The number of Topliss-reactive ketones (excluding diaryl/α,β-unsaturated/α-hetero) is 1. The maximum absolute atomic E-state index is 14.4. The van der Waals surface area contributed by atoms with Crippen LogP contribution < -0.4 is 10.6 Å². The number of hydrogen-bond acceptors (Lipinski definition) is 2. The van der Waals surface area contributed by atoms with E-state index >= 15 is 0 Å². The second-order valence-electron chi connectivity index (χ2n) is 9.06. The number of benzene rings is 2. The molecule has 0 radical (unpaired) electrons. The van der Waals surface area contributed by atoms with Gasteiger partial charge < -0.3 is 4.57 Å². The molecular formula is C26H31O2P. The molecule has 0 spiro atoms. The lowest BCUT2D eigenvalue weighted by Crippen LogP contribution is -2.46. The molecule has 4 rings (SSSR count). The molecule has 0 heterocycles. The topological polar surface area (TPSA) is 34.1 Å². The van der Waals surface area contributed by atoms with Gasteiger partial charge in [0.2, 0.25) is 0 Å². The summed E-state index contributed by atoms with van der Waals surface area (Å²) in [5.74, 6) is 3.47. The van der Waals surface area contributed by atoms with E-state index in [1.807, 2.05) is 66.5 Å². The standard InChI is InChI=1S/C26H31O2P/c1-20-16-17-23-24(14-9-15-25(23)27)26(20,2)18-19-29(28,21-10-5-3-6-11-21)22-12-7-4-8-13-22/h3-8,10-13,18-20,23-24H,9,14-17H2,1-2H3/b19-18+/t20-,23-,24+,26+/m1/s1. The first-order valence-corrected chi connectivity index (χ1v) is 12.7. The summed E-state index contributed by atoms with van der Waals surface area (Å²) in [7, 11) is -2.89. The average molecular weight is 407 g/mol. The van der Waals surface area contributed by atoms with E-state index in [1.54, 1.807) is 0 Å². The Morgan fingerprint density at radius 2 is 1.52 bits per heavy atom. The van der Waals surface area contributed by atoms with Gasteiger partial charge in [0.15, 0.2) is 7.14 Å². The maximum Gasteiger partial charge on any atom is 0.163 e. The largest absolute Gasteiger partial charge is 0.309 e. The molecule has 0 saturated heterocycles. The van der Waals surface area contributed by atoms with Crippen LogP contribution in [0, 0.1) is 23.2 Å². The van der Waals surface area contributed by atoms with Crippen LogP contribution >= 0.6 is 7.14 Å². The van der Waals surface area contributed by atoms with Crippen LogP contribution in [-0.2, 0) is 9.36 Å². The van der Waals surface area contributed by atoms with Gasteiger partial charge in [-0.2, -0.15) is 0 Å². The van der Waals surface area contributed by atoms with Crippen molar-refractivity contribution in [1.29, 1.82) is 0 Å². The van der Waals surface area contributed by atoms with Crippen molar-refractivity contribution in [3.05, 3.63) is 72.6 Å². The van der Waals surface area contributed by atoms with Gasteiger partial charge in [0, 0.05) is 22.9 Å². The first-order chi connectivity index (χ1) is 13.9. The zero-order chi connectivity index (χ0) is 20.5. The van der Waals surface area contributed by atoms with Crippen LogP contribution in [0.3, 0.4) is 0 Å². The van der Waals surface area contributed by atoms with E-state index < -0.39 is 7.14 Å². The van der Waals surface area contributed by atoms with Crippen molar-refractivity contribution in [2.45, 2.75) is 46.0 Å². The highest BCUT2D eigenvalue weighted by atomic mass is 31.2. The van der Waals surface area contributed by atoms with Crippen LogP contribution in [0.15, 0.2) is 72.6 Å². The third kappa shape index (κ3) is 3.68. The van der Waals surface area contributed by atoms with Crippen molar-refractivity contribution in [3.63, 3.8) is 0 Å². The lowest BCUT2D eigenvalue weighted by atomic mass is 9.54. The van der Waals surface area contributed by atoms with Gasteiger partial charge in [-0.1, -0.05) is 80.6 Å². The van der Waals surface area contributed by atoms with Crippen LogP contribution in [0.5, 0.6) is 0 Å². The first kappa shape index (κ1) is 20.4. The highest BCUT2D eigenvalue weighted by Gasteiger charge is 2.48. The van der Waals surface area contributed by atoms with E-state index in [-0.39, 0.29) is 11.3 Å². The van der Waals surface area contributed by atoms with Gasteiger partial charge in [-0.3, -0.25) is 4.79 Å². The fourth-order valence-electron chi connectivity index (χ4n) is 5.49. The zero-order valence-electron chi connectivity index (χ0n) is 17.5. The molecule has 0 aromatic heterocycles. The van der Waals surface area contributed by atoms with E-state index in [2.05, 4.69) is 19.9 Å². The van der Waals surface area contributed by atoms with Gasteiger partial charge in [-0.25, -0.2) is 0 Å². The van der Waals surface area contributed by atoms with Crippen molar-refractivity contribution >= 4 is 23.5 Å². The second kappa shape index (κ2) is 8.07. The molecule has 2 saturated carbocycles. The molecule has 0 amide bonds. The van der Waals surface area contributed by atoms with Gasteiger partial charge in [0.05, 0.1) is 0 Å². The monoisotopic (exact) mass is 406 g/mol. The summed E-state index contributed by atoms with van der Waals surface area (Å²) >= 11 is 0. The summed E-state index contributed by atoms with van der Waals surface area (Å²) in [6.45, 7) is 4.60. The number of carbonyl (C=O) groups excluding carboxylic acids is 1. The molecule has 0 bridgehead atoms. The minimum atomic E-state index is -2.89. The summed E-state index contributed by atoms with van der Waals surface area (Å²) in [4.78, 5) is 12.6. The van der Waals surface area contributed by atoms with E-state index in [0.29, 0.717) is 17.6 Å². The van der Waals surface area contributed by atoms with Gasteiger partial charge in [0.1, 0.15) is 5.78 Å². The Morgan fingerprint density at radius 1 is 0.931 bits per heavy atom. The van der Waals surface area contributed by atoms with Gasteiger partial charge >= 0.3 is 0 Å². The van der Waals surface area contributed by atoms with Crippen molar-refractivity contribution in [3.8, 4) is 0 Å². The number of rotatable bonds is 4. The molecule has 0 N–H and O–H groups in total. The highest BCUT2D eigenvalue weighted by molar-refractivity contribution is 7.81. The smallest absolute Gasteiger partial charge is 0.163 e. The second-order valence-corrected chi connectivity index (χ2v) is 11.7. The van der Waals surface area contributed by atoms with E-state index in [4.69, 9.17) is 0 Å². The lowest BCUT2D eigenvalue weighted by Gasteiger charge is -2.50. The third-order valence-corrected chi connectivity index (χ3v) is 10.2. The number of carbonyl (C=O) groups is 1. The Kier molecular flexibility index (Phi) is 5.67. The fraction of sp³-hybridized carbons (Fsp3) is 0.423. The van der Waals surface area contributed by atoms with E-state index in [9.17, 15) is 9.36 Å². The quantitative estimate of drug-likeness (QED) is 0.589. The van der Waals surface area contributed by atoms with Crippen LogP contribution in [0.1, 0.15) is 46.0 Å². The Balaban J connectivity index is 1.77. The highest BCUT2D eigenvalue weighted by Crippen LogP contribution is 2.55. The molecule has 2 aliphatic rings. The van der Waals surface area contributed by atoms with Crippen molar-refractivity contribution in [2.24, 2.45) is 23.2 Å². The number of allylic oxidation sites excluding steroid dienone is 1. The van der Waals surface area contributed by atoms with Crippen molar-refractivity contribution in [2.75, 3.05) is 0 Å². The summed E-state index contributed by atoms with van der Waals surface area (Å²) in [5, 5.41) is 1.73. The Morgan fingerprint density at radius 3 is 2.10 bits per heavy atom. The number of fused-ring (bicyclic) bond motifs is 1. The summed E-state index contributed by atoms with van der Waals surface area (Å²) in [5.41, 5.74) is -0.0990. The molecule has 29 heavy (non-hydrogen) atoms. The van der Waals surface area contributed by atoms with Crippen LogP contribution in [0.25, 0.3) is 0 Å². The first-order valence-electron chi connectivity index (χ1n) is 10.9. The minimum Gasteiger partial charge on any atom is -0.309 e. The predicted octanol–water partition coefficient (Wildman–Crippen LogP) is 5.94. The lowest BCUT2D eigenvalue weighted by molar-refractivity contribution is -0.132. The van der Waals surface area contributed by atoms with Crippen molar-refractivity contribution < 1.29 is 9.36 Å². The maximum atomic E-state index is 14.4. The molecule has 2 aromatic carbocycles. The Hall–Kier alpha value is -1.92. The SMILES string of the molecule is C[C@@H]1CC[C@H]2C(=O)CCC[C@@H]2[C@@]1(C)/C=C/P(=O)(c1ccccc1)c1ccccc1. The Bertz CT molecular complexity index is 890. The Labute approximate surface area is 174 Å². The van der Waals surface area contributed by atoms with E-state index in [1.165, 1.54) is 0 Å². The zero-order valence-corrected chi connectivity index (χ0v) is 18.4. The normalized spacial score (nSPS) is 30.3.